The topological polar surface area (TPSA) is 32.0 Å². The number of nitrogens with zero attached hydrogens (tertiary/aromatic N) is 3. The van der Waals surface area contributed by atoms with Gasteiger partial charge in [-0.1, -0.05) is 98.8 Å². The zero-order valence-corrected chi connectivity index (χ0v) is 27.4. The van der Waals surface area contributed by atoms with Crippen LogP contribution in [0.4, 0.5) is 17.1 Å². The van der Waals surface area contributed by atoms with Gasteiger partial charge in [-0.2, -0.15) is 5.26 Å². The lowest BCUT2D eigenvalue weighted by atomic mass is 9.82. The molecule has 0 atom stereocenters. The first-order valence-corrected chi connectivity index (χ1v) is 16.7. The van der Waals surface area contributed by atoms with E-state index >= 15 is 0 Å². The van der Waals surface area contributed by atoms with Gasteiger partial charge in [-0.3, -0.25) is 0 Å². The summed E-state index contributed by atoms with van der Waals surface area (Å²) >= 11 is 0. The normalized spacial score (nSPS) is 12.8. The van der Waals surface area contributed by atoms with Crippen LogP contribution in [0.15, 0.2) is 164 Å². The zero-order chi connectivity index (χ0) is 33.1. The molecule has 1 heterocycles. The summed E-state index contributed by atoms with van der Waals surface area (Å²) in [5.74, 6) is 0. The molecule has 0 N–H and O–H groups in total. The molecule has 49 heavy (non-hydrogen) atoms. The van der Waals surface area contributed by atoms with Crippen LogP contribution in [0.1, 0.15) is 30.5 Å². The van der Waals surface area contributed by atoms with Crippen LogP contribution in [0.2, 0.25) is 0 Å². The maximum Gasteiger partial charge on any atom is 0.0991 e. The summed E-state index contributed by atoms with van der Waals surface area (Å²) in [4.78, 5) is 2.29. The van der Waals surface area contributed by atoms with E-state index in [2.05, 4.69) is 169 Å². The number of hydrogen-bond donors (Lipinski definition) is 0. The second-order valence-corrected chi connectivity index (χ2v) is 13.4. The molecule has 1 aliphatic rings. The minimum Gasteiger partial charge on any atom is -0.310 e. The van der Waals surface area contributed by atoms with Crippen LogP contribution in [-0.2, 0) is 5.41 Å². The lowest BCUT2D eigenvalue weighted by Gasteiger charge is -2.28. The molecule has 0 amide bonds. The van der Waals surface area contributed by atoms with Crippen molar-refractivity contribution < 1.29 is 0 Å². The Morgan fingerprint density at radius 2 is 1.12 bits per heavy atom. The molecule has 7 aromatic carbocycles. The zero-order valence-electron chi connectivity index (χ0n) is 27.4. The Balaban J connectivity index is 1.14. The molecule has 8 aromatic rings. The van der Waals surface area contributed by atoms with E-state index in [1.54, 1.807) is 0 Å². The lowest BCUT2D eigenvalue weighted by molar-refractivity contribution is 0.660. The van der Waals surface area contributed by atoms with Crippen LogP contribution in [0.3, 0.4) is 0 Å². The molecule has 232 valence electrons. The smallest absolute Gasteiger partial charge is 0.0991 e. The third kappa shape index (κ3) is 4.57. The average Bonchev–Trinajstić information content (AvgIpc) is 3.61. The van der Waals surface area contributed by atoms with Crippen LogP contribution in [0.25, 0.3) is 49.7 Å². The predicted molar refractivity (Wildman–Crippen MR) is 203 cm³/mol. The highest BCUT2D eigenvalue weighted by atomic mass is 15.1. The summed E-state index contributed by atoms with van der Waals surface area (Å²) in [5, 5.41) is 12.0. The van der Waals surface area contributed by atoms with Gasteiger partial charge in [0.1, 0.15) is 0 Å². The summed E-state index contributed by atoms with van der Waals surface area (Å²) in [6.07, 6.45) is 0. The second kappa shape index (κ2) is 11.1. The first-order valence-electron chi connectivity index (χ1n) is 16.7. The molecule has 3 heteroatoms. The molecular weight excluding hydrogens is 595 g/mol. The molecule has 0 aliphatic heterocycles. The summed E-state index contributed by atoms with van der Waals surface area (Å²) < 4.78 is 2.35. The highest BCUT2D eigenvalue weighted by molar-refractivity contribution is 6.10. The molecule has 0 saturated carbocycles. The van der Waals surface area contributed by atoms with Gasteiger partial charge < -0.3 is 9.47 Å². The number of hydrogen-bond acceptors (Lipinski definition) is 2. The lowest BCUT2D eigenvalue weighted by Crippen LogP contribution is -2.16. The number of fused-ring (bicyclic) bond motifs is 6. The van der Waals surface area contributed by atoms with Gasteiger partial charge >= 0.3 is 0 Å². The van der Waals surface area contributed by atoms with E-state index in [-0.39, 0.29) is 5.41 Å². The first-order chi connectivity index (χ1) is 24.0. The fraction of sp³-hybridized carbons (Fsp3) is 0.0652. The Morgan fingerprint density at radius 1 is 0.510 bits per heavy atom. The van der Waals surface area contributed by atoms with E-state index in [4.69, 9.17) is 0 Å². The minimum absolute atomic E-state index is 0.107. The molecule has 0 spiro atoms. The van der Waals surface area contributed by atoms with Crippen LogP contribution in [-0.4, -0.2) is 4.57 Å². The number of aromatic nitrogens is 1. The van der Waals surface area contributed by atoms with E-state index in [1.807, 2.05) is 24.3 Å². The highest BCUT2D eigenvalue weighted by Gasteiger charge is 2.35. The number of para-hydroxylation sites is 2. The Labute approximate surface area is 286 Å². The second-order valence-electron chi connectivity index (χ2n) is 13.4. The van der Waals surface area contributed by atoms with Crippen molar-refractivity contribution in [2.75, 3.05) is 4.90 Å². The molecule has 9 rings (SSSR count). The monoisotopic (exact) mass is 627 g/mol. The Morgan fingerprint density at radius 3 is 1.90 bits per heavy atom. The maximum absolute atomic E-state index is 9.51. The molecule has 0 radical (unpaired) electrons. The minimum atomic E-state index is -0.107. The van der Waals surface area contributed by atoms with E-state index in [1.165, 1.54) is 49.6 Å². The molecule has 3 nitrogen and oxygen atoms in total. The quantitative estimate of drug-likeness (QED) is 0.190. The van der Waals surface area contributed by atoms with Gasteiger partial charge in [0.25, 0.3) is 0 Å². The van der Waals surface area contributed by atoms with Gasteiger partial charge in [-0.25, -0.2) is 0 Å². The molecule has 0 unspecified atom stereocenters. The van der Waals surface area contributed by atoms with Crippen molar-refractivity contribution in [3.05, 3.63) is 180 Å². The van der Waals surface area contributed by atoms with Crippen molar-refractivity contribution in [3.8, 4) is 34.0 Å². The summed E-state index contributed by atoms with van der Waals surface area (Å²) in [6.45, 7) is 4.63. The number of benzene rings is 7. The Hall–Kier alpha value is -6.37. The third-order valence-corrected chi connectivity index (χ3v) is 10.2. The van der Waals surface area contributed by atoms with Crippen LogP contribution in [0.5, 0.6) is 0 Å². The Kier molecular flexibility index (Phi) is 6.54. The van der Waals surface area contributed by atoms with Crippen LogP contribution in [0, 0.1) is 11.3 Å². The number of rotatable bonds is 5. The first kappa shape index (κ1) is 28.8. The molecule has 0 saturated heterocycles. The summed E-state index contributed by atoms with van der Waals surface area (Å²) in [5.41, 5.74) is 14.9. The van der Waals surface area contributed by atoms with Crippen molar-refractivity contribution in [1.82, 2.24) is 4.57 Å². The Bertz CT molecular complexity index is 2570. The van der Waals surface area contributed by atoms with Gasteiger partial charge in [-0.05, 0) is 112 Å². The van der Waals surface area contributed by atoms with Crippen molar-refractivity contribution in [1.29, 1.82) is 5.26 Å². The van der Waals surface area contributed by atoms with Crippen molar-refractivity contribution in [2.45, 2.75) is 19.3 Å². The number of nitriles is 1. The van der Waals surface area contributed by atoms with E-state index < -0.39 is 0 Å². The predicted octanol–water partition coefficient (Wildman–Crippen LogP) is 12.1. The standard InChI is InChI=1S/C46H33N3/c1-46(2)42-14-8-6-12-38(42)39-26-25-37(29-43(39)46)48(35-21-16-31(30-47)17-22-35)36-23-18-32(19-24-36)33-20-27-45-41(28-33)40-13-7-9-15-44(40)49(45)34-10-4-3-5-11-34/h3-29H,1-2H3. The fourth-order valence-electron chi connectivity index (χ4n) is 7.77. The van der Waals surface area contributed by atoms with Crippen LogP contribution < -0.4 is 4.90 Å². The maximum atomic E-state index is 9.51. The van der Waals surface area contributed by atoms with Crippen molar-refractivity contribution in [2.24, 2.45) is 0 Å². The molecule has 0 fully saturated rings. The SMILES string of the molecule is CC1(C)c2ccccc2-c2ccc(N(c3ccc(C#N)cc3)c3ccc(-c4ccc5c(c4)c4ccccc4n5-c4ccccc4)cc3)cc21. The summed E-state index contributed by atoms with van der Waals surface area (Å²) in [6, 6.07) is 60.6. The van der Waals surface area contributed by atoms with E-state index in [9.17, 15) is 5.26 Å². The molecule has 1 aromatic heterocycles. The van der Waals surface area contributed by atoms with Gasteiger partial charge in [0.05, 0.1) is 22.7 Å². The average molecular weight is 628 g/mol. The van der Waals surface area contributed by atoms with Gasteiger partial charge in [0.15, 0.2) is 0 Å². The molecular formula is C46H33N3. The fourth-order valence-corrected chi connectivity index (χ4v) is 7.77. The van der Waals surface area contributed by atoms with E-state index in [0.717, 1.165) is 28.3 Å². The number of anilines is 3. The highest BCUT2D eigenvalue weighted by Crippen LogP contribution is 2.50. The molecule has 1 aliphatic carbocycles. The largest absolute Gasteiger partial charge is 0.310 e. The van der Waals surface area contributed by atoms with E-state index in [0.29, 0.717) is 5.56 Å². The van der Waals surface area contributed by atoms with Gasteiger partial charge in [-0.15, -0.1) is 0 Å². The van der Waals surface area contributed by atoms with Gasteiger partial charge in [0.2, 0.25) is 0 Å². The van der Waals surface area contributed by atoms with Crippen molar-refractivity contribution in [3.63, 3.8) is 0 Å². The summed E-state index contributed by atoms with van der Waals surface area (Å²) in [7, 11) is 0. The molecule has 0 bridgehead atoms. The van der Waals surface area contributed by atoms with Crippen LogP contribution >= 0.6 is 0 Å². The van der Waals surface area contributed by atoms with Gasteiger partial charge in [0, 0.05) is 38.9 Å². The van der Waals surface area contributed by atoms with Crippen molar-refractivity contribution >= 4 is 38.9 Å². The third-order valence-electron chi connectivity index (χ3n) is 10.2.